The number of benzene rings is 1. The van der Waals surface area contributed by atoms with Crippen LogP contribution in [0.5, 0.6) is 0 Å². The summed E-state index contributed by atoms with van der Waals surface area (Å²) < 4.78 is 0. The van der Waals surface area contributed by atoms with Gasteiger partial charge in [0.15, 0.2) is 0 Å². The van der Waals surface area contributed by atoms with Gasteiger partial charge < -0.3 is 5.32 Å². The Labute approximate surface area is 107 Å². The van der Waals surface area contributed by atoms with E-state index in [-0.39, 0.29) is 0 Å². The molecule has 0 radical (unpaired) electrons. The summed E-state index contributed by atoms with van der Waals surface area (Å²) in [6.45, 7) is 5.21. The Morgan fingerprint density at radius 3 is 2.76 bits per heavy atom. The lowest BCUT2D eigenvalue weighted by atomic mass is 10.0. The van der Waals surface area contributed by atoms with Crippen molar-refractivity contribution in [1.29, 1.82) is 0 Å². The SMILES string of the molecule is CNCc1cnc(Cc2ccc(C)c(C)c2)s1. The third-order valence-corrected chi connectivity index (χ3v) is 3.88. The largest absolute Gasteiger partial charge is 0.315 e. The van der Waals surface area contributed by atoms with E-state index in [1.54, 1.807) is 11.3 Å². The van der Waals surface area contributed by atoms with Gasteiger partial charge in [-0.25, -0.2) is 4.98 Å². The van der Waals surface area contributed by atoms with Gasteiger partial charge in [-0.15, -0.1) is 11.3 Å². The number of aryl methyl sites for hydroxylation is 2. The molecule has 3 heteroatoms. The third kappa shape index (κ3) is 3.14. The van der Waals surface area contributed by atoms with Gasteiger partial charge in [0.05, 0.1) is 5.01 Å². The van der Waals surface area contributed by atoms with Gasteiger partial charge in [-0.05, 0) is 37.6 Å². The molecule has 0 aliphatic rings. The van der Waals surface area contributed by atoms with E-state index in [1.165, 1.54) is 26.6 Å². The number of hydrogen-bond donors (Lipinski definition) is 1. The minimum absolute atomic E-state index is 0.907. The van der Waals surface area contributed by atoms with E-state index < -0.39 is 0 Å². The topological polar surface area (TPSA) is 24.9 Å². The molecule has 0 fully saturated rings. The van der Waals surface area contributed by atoms with Crippen molar-refractivity contribution in [2.75, 3.05) is 7.05 Å². The first-order chi connectivity index (χ1) is 8.19. The van der Waals surface area contributed by atoms with Crippen LogP contribution < -0.4 is 5.32 Å². The van der Waals surface area contributed by atoms with Crippen molar-refractivity contribution in [2.24, 2.45) is 0 Å². The zero-order valence-electron chi connectivity index (χ0n) is 10.6. The molecule has 17 heavy (non-hydrogen) atoms. The van der Waals surface area contributed by atoms with Gasteiger partial charge in [0.25, 0.3) is 0 Å². The second-order valence-electron chi connectivity index (χ2n) is 4.35. The molecule has 1 aromatic heterocycles. The maximum atomic E-state index is 4.46. The highest BCUT2D eigenvalue weighted by atomic mass is 32.1. The zero-order valence-corrected chi connectivity index (χ0v) is 11.4. The van der Waals surface area contributed by atoms with Crippen LogP contribution in [-0.2, 0) is 13.0 Å². The van der Waals surface area contributed by atoms with E-state index >= 15 is 0 Å². The number of nitrogens with one attached hydrogen (secondary N) is 1. The Bertz CT molecular complexity index is 503. The molecule has 0 atom stereocenters. The predicted octanol–water partition coefficient (Wildman–Crippen LogP) is 3.07. The Morgan fingerprint density at radius 2 is 2.06 bits per heavy atom. The van der Waals surface area contributed by atoms with Gasteiger partial charge in [-0.2, -0.15) is 0 Å². The third-order valence-electron chi connectivity index (χ3n) is 2.88. The summed E-state index contributed by atoms with van der Waals surface area (Å²) in [5.74, 6) is 0. The molecule has 0 amide bonds. The van der Waals surface area contributed by atoms with Gasteiger partial charge in [-0.1, -0.05) is 18.2 Å². The van der Waals surface area contributed by atoms with Gasteiger partial charge in [0.2, 0.25) is 0 Å². The van der Waals surface area contributed by atoms with Crippen molar-refractivity contribution in [3.8, 4) is 0 Å². The van der Waals surface area contributed by atoms with E-state index in [2.05, 4.69) is 42.3 Å². The fraction of sp³-hybridized carbons (Fsp3) is 0.357. The van der Waals surface area contributed by atoms with Crippen LogP contribution in [0.15, 0.2) is 24.4 Å². The molecule has 0 aliphatic heterocycles. The maximum Gasteiger partial charge on any atom is 0.0972 e. The Hall–Kier alpha value is -1.19. The summed E-state index contributed by atoms with van der Waals surface area (Å²) >= 11 is 1.79. The lowest BCUT2D eigenvalue weighted by Gasteiger charge is -2.03. The molecule has 0 spiro atoms. The average Bonchev–Trinajstić information content (AvgIpc) is 2.72. The first-order valence-electron chi connectivity index (χ1n) is 5.83. The molecule has 1 heterocycles. The summed E-state index contributed by atoms with van der Waals surface area (Å²) in [6.07, 6.45) is 2.91. The molecular formula is C14H18N2S. The first-order valence-corrected chi connectivity index (χ1v) is 6.65. The standard InChI is InChI=1S/C14H18N2S/c1-10-4-5-12(6-11(10)2)7-14-16-9-13(17-14)8-15-3/h4-6,9,15H,7-8H2,1-3H3. The fourth-order valence-electron chi connectivity index (χ4n) is 1.77. The lowest BCUT2D eigenvalue weighted by molar-refractivity contribution is 0.829. The monoisotopic (exact) mass is 246 g/mol. The molecule has 1 N–H and O–H groups in total. The number of aromatic nitrogens is 1. The Balaban J connectivity index is 2.11. The molecule has 90 valence electrons. The average molecular weight is 246 g/mol. The summed E-state index contributed by atoms with van der Waals surface area (Å²) in [5, 5.41) is 4.34. The lowest BCUT2D eigenvalue weighted by Crippen LogP contribution is -2.02. The Morgan fingerprint density at radius 1 is 1.24 bits per heavy atom. The minimum atomic E-state index is 0.907. The summed E-state index contributed by atoms with van der Waals surface area (Å²) in [7, 11) is 1.96. The second kappa shape index (κ2) is 5.43. The maximum absolute atomic E-state index is 4.46. The zero-order chi connectivity index (χ0) is 12.3. The van der Waals surface area contributed by atoms with Crippen LogP contribution in [0, 0.1) is 13.8 Å². The van der Waals surface area contributed by atoms with Crippen molar-refractivity contribution < 1.29 is 0 Å². The van der Waals surface area contributed by atoms with Crippen molar-refractivity contribution >= 4 is 11.3 Å². The molecule has 2 rings (SSSR count). The highest BCUT2D eigenvalue weighted by Crippen LogP contribution is 2.18. The van der Waals surface area contributed by atoms with Crippen LogP contribution in [0.25, 0.3) is 0 Å². The molecule has 2 aromatic rings. The quantitative estimate of drug-likeness (QED) is 0.897. The predicted molar refractivity (Wildman–Crippen MR) is 73.6 cm³/mol. The van der Waals surface area contributed by atoms with Gasteiger partial charge >= 0.3 is 0 Å². The molecular weight excluding hydrogens is 228 g/mol. The number of nitrogens with zero attached hydrogens (tertiary/aromatic N) is 1. The highest BCUT2D eigenvalue weighted by Gasteiger charge is 2.03. The van der Waals surface area contributed by atoms with Crippen LogP contribution >= 0.6 is 11.3 Å². The first kappa shape index (κ1) is 12.3. The van der Waals surface area contributed by atoms with Crippen LogP contribution in [-0.4, -0.2) is 12.0 Å². The smallest absolute Gasteiger partial charge is 0.0972 e. The molecule has 0 bridgehead atoms. The summed E-state index contributed by atoms with van der Waals surface area (Å²) in [4.78, 5) is 5.76. The number of thiazole rings is 1. The molecule has 0 aliphatic carbocycles. The molecule has 1 aromatic carbocycles. The van der Waals surface area contributed by atoms with E-state index in [9.17, 15) is 0 Å². The van der Waals surface area contributed by atoms with E-state index in [0.717, 1.165) is 13.0 Å². The second-order valence-corrected chi connectivity index (χ2v) is 5.55. The van der Waals surface area contributed by atoms with E-state index in [1.807, 2.05) is 13.2 Å². The summed E-state index contributed by atoms with van der Waals surface area (Å²) in [5.41, 5.74) is 4.05. The van der Waals surface area contributed by atoms with Crippen LogP contribution in [0.4, 0.5) is 0 Å². The van der Waals surface area contributed by atoms with Crippen LogP contribution in [0.1, 0.15) is 26.6 Å². The normalized spacial score (nSPS) is 10.8. The molecule has 2 nitrogen and oxygen atoms in total. The molecule has 0 saturated carbocycles. The number of hydrogen-bond acceptors (Lipinski definition) is 3. The van der Waals surface area contributed by atoms with Crippen LogP contribution in [0.3, 0.4) is 0 Å². The minimum Gasteiger partial charge on any atom is -0.315 e. The molecule has 0 unspecified atom stereocenters. The Kier molecular flexibility index (Phi) is 3.92. The van der Waals surface area contributed by atoms with Crippen molar-refractivity contribution in [2.45, 2.75) is 26.8 Å². The highest BCUT2D eigenvalue weighted by molar-refractivity contribution is 7.11. The van der Waals surface area contributed by atoms with E-state index in [4.69, 9.17) is 0 Å². The van der Waals surface area contributed by atoms with Crippen LogP contribution in [0.2, 0.25) is 0 Å². The van der Waals surface area contributed by atoms with Gasteiger partial charge in [0.1, 0.15) is 0 Å². The number of rotatable bonds is 4. The van der Waals surface area contributed by atoms with Crippen molar-refractivity contribution in [3.63, 3.8) is 0 Å². The van der Waals surface area contributed by atoms with Crippen molar-refractivity contribution in [3.05, 3.63) is 51.0 Å². The summed E-state index contributed by atoms with van der Waals surface area (Å²) in [6, 6.07) is 6.64. The van der Waals surface area contributed by atoms with Gasteiger partial charge in [0, 0.05) is 24.0 Å². The van der Waals surface area contributed by atoms with E-state index in [0.29, 0.717) is 0 Å². The van der Waals surface area contributed by atoms with Crippen molar-refractivity contribution in [1.82, 2.24) is 10.3 Å². The van der Waals surface area contributed by atoms with Gasteiger partial charge in [-0.3, -0.25) is 0 Å². The fourth-order valence-corrected chi connectivity index (χ4v) is 2.74. The molecule has 0 saturated heterocycles.